The number of furan rings is 1. The van der Waals surface area contributed by atoms with Crippen molar-refractivity contribution in [1.29, 1.82) is 0 Å². The summed E-state index contributed by atoms with van der Waals surface area (Å²) in [5.74, 6) is 2.36. The number of amides is 1. The van der Waals surface area contributed by atoms with E-state index in [0.29, 0.717) is 29.8 Å². The molecular formula is C15H15N5O3. The first-order valence-electron chi connectivity index (χ1n) is 6.97. The number of aromatic nitrogens is 3. The van der Waals surface area contributed by atoms with Gasteiger partial charge in [-0.05, 0) is 26.0 Å². The first kappa shape index (κ1) is 14.8. The predicted octanol–water partition coefficient (Wildman–Crippen LogP) is 2.54. The van der Waals surface area contributed by atoms with E-state index in [1.807, 2.05) is 6.07 Å². The Morgan fingerprint density at radius 1 is 1.22 bits per heavy atom. The average Bonchev–Trinajstić information content (AvgIpc) is 3.16. The van der Waals surface area contributed by atoms with Crippen LogP contribution in [-0.4, -0.2) is 21.0 Å². The van der Waals surface area contributed by atoms with Crippen LogP contribution in [0.25, 0.3) is 0 Å². The van der Waals surface area contributed by atoms with Crippen molar-refractivity contribution in [3.8, 4) is 0 Å². The van der Waals surface area contributed by atoms with Gasteiger partial charge in [-0.1, -0.05) is 5.16 Å². The van der Waals surface area contributed by atoms with Gasteiger partial charge in [-0.2, -0.15) is 0 Å². The van der Waals surface area contributed by atoms with Crippen LogP contribution < -0.4 is 10.6 Å². The number of hydrogen-bond acceptors (Lipinski definition) is 7. The molecule has 0 saturated carbocycles. The number of rotatable bonds is 5. The Morgan fingerprint density at radius 3 is 2.78 bits per heavy atom. The van der Waals surface area contributed by atoms with Crippen molar-refractivity contribution in [1.82, 2.24) is 15.1 Å². The number of carbonyl (C=O) groups excluding carboxylic acids is 1. The molecule has 3 aromatic heterocycles. The fourth-order valence-electron chi connectivity index (χ4n) is 1.97. The van der Waals surface area contributed by atoms with Crippen molar-refractivity contribution >= 4 is 17.5 Å². The van der Waals surface area contributed by atoms with Gasteiger partial charge in [0.25, 0.3) is 5.91 Å². The summed E-state index contributed by atoms with van der Waals surface area (Å²) in [6.07, 6.45) is 1.60. The zero-order valence-corrected chi connectivity index (χ0v) is 12.7. The Hall–Kier alpha value is -3.16. The van der Waals surface area contributed by atoms with E-state index in [0.717, 1.165) is 5.76 Å². The van der Waals surface area contributed by atoms with Gasteiger partial charge in [0, 0.05) is 12.1 Å². The standard InChI is InChI=1S/C15H15N5O3/c1-9-6-14(20-23-9)19-15(21)12-7-13(18-10(2)17-12)16-8-11-4-3-5-22-11/h3-7H,8H2,1-2H3,(H,16,17,18)(H,19,20,21). The number of anilines is 2. The number of carbonyl (C=O) groups is 1. The van der Waals surface area contributed by atoms with E-state index >= 15 is 0 Å². The lowest BCUT2D eigenvalue weighted by molar-refractivity contribution is 0.102. The minimum absolute atomic E-state index is 0.236. The van der Waals surface area contributed by atoms with Crippen LogP contribution in [0.2, 0.25) is 0 Å². The van der Waals surface area contributed by atoms with Crippen LogP contribution in [0, 0.1) is 13.8 Å². The van der Waals surface area contributed by atoms with Crippen LogP contribution in [0.3, 0.4) is 0 Å². The molecule has 0 aliphatic carbocycles. The second-order valence-corrected chi connectivity index (χ2v) is 4.90. The van der Waals surface area contributed by atoms with Gasteiger partial charge in [-0.15, -0.1) is 0 Å². The number of aryl methyl sites for hydroxylation is 2. The van der Waals surface area contributed by atoms with Gasteiger partial charge in [-0.25, -0.2) is 9.97 Å². The van der Waals surface area contributed by atoms with Crippen molar-refractivity contribution in [3.63, 3.8) is 0 Å². The Bertz CT molecular complexity index is 810. The monoisotopic (exact) mass is 313 g/mol. The lowest BCUT2D eigenvalue weighted by Crippen LogP contribution is -2.16. The first-order valence-corrected chi connectivity index (χ1v) is 6.97. The van der Waals surface area contributed by atoms with Crippen molar-refractivity contribution in [2.45, 2.75) is 20.4 Å². The molecule has 23 heavy (non-hydrogen) atoms. The minimum Gasteiger partial charge on any atom is -0.467 e. The zero-order chi connectivity index (χ0) is 16.2. The molecule has 1 amide bonds. The fourth-order valence-corrected chi connectivity index (χ4v) is 1.97. The molecular weight excluding hydrogens is 298 g/mol. The fraction of sp³-hybridized carbons (Fsp3) is 0.200. The van der Waals surface area contributed by atoms with Crippen LogP contribution in [0.5, 0.6) is 0 Å². The molecule has 8 nitrogen and oxygen atoms in total. The van der Waals surface area contributed by atoms with Gasteiger partial charge < -0.3 is 19.6 Å². The number of nitrogens with one attached hydrogen (secondary N) is 2. The highest BCUT2D eigenvalue weighted by Crippen LogP contribution is 2.12. The van der Waals surface area contributed by atoms with Crippen LogP contribution >= 0.6 is 0 Å². The van der Waals surface area contributed by atoms with E-state index < -0.39 is 0 Å². The molecule has 0 saturated heterocycles. The van der Waals surface area contributed by atoms with E-state index in [1.54, 1.807) is 38.3 Å². The van der Waals surface area contributed by atoms with Gasteiger partial charge in [0.1, 0.15) is 28.9 Å². The van der Waals surface area contributed by atoms with Gasteiger partial charge in [0.2, 0.25) is 0 Å². The van der Waals surface area contributed by atoms with Crippen LogP contribution in [0.15, 0.2) is 39.5 Å². The van der Waals surface area contributed by atoms with Crippen LogP contribution in [0.4, 0.5) is 11.6 Å². The molecule has 0 fully saturated rings. The SMILES string of the molecule is Cc1nc(NCc2ccco2)cc(C(=O)Nc2cc(C)on2)n1. The second kappa shape index (κ2) is 6.30. The maximum Gasteiger partial charge on any atom is 0.275 e. The second-order valence-electron chi connectivity index (χ2n) is 4.90. The predicted molar refractivity (Wildman–Crippen MR) is 82.0 cm³/mol. The molecule has 0 radical (unpaired) electrons. The molecule has 0 spiro atoms. The molecule has 3 rings (SSSR count). The first-order chi connectivity index (χ1) is 11.1. The summed E-state index contributed by atoms with van der Waals surface area (Å²) >= 11 is 0. The molecule has 0 aromatic carbocycles. The van der Waals surface area contributed by atoms with E-state index in [9.17, 15) is 4.79 Å². The van der Waals surface area contributed by atoms with Gasteiger partial charge in [0.15, 0.2) is 5.82 Å². The van der Waals surface area contributed by atoms with Crippen molar-refractivity contribution in [3.05, 3.63) is 53.6 Å². The highest BCUT2D eigenvalue weighted by Gasteiger charge is 2.13. The van der Waals surface area contributed by atoms with E-state index in [2.05, 4.69) is 25.8 Å². The van der Waals surface area contributed by atoms with Gasteiger partial charge in [0.05, 0.1) is 12.8 Å². The molecule has 0 aliphatic heterocycles. The highest BCUT2D eigenvalue weighted by molar-refractivity contribution is 6.02. The Morgan fingerprint density at radius 2 is 2.09 bits per heavy atom. The summed E-state index contributed by atoms with van der Waals surface area (Å²) in [7, 11) is 0. The van der Waals surface area contributed by atoms with Gasteiger partial charge in [-0.3, -0.25) is 4.79 Å². The maximum atomic E-state index is 12.2. The third-order valence-corrected chi connectivity index (χ3v) is 2.96. The lowest BCUT2D eigenvalue weighted by Gasteiger charge is -2.07. The topological polar surface area (TPSA) is 106 Å². The zero-order valence-electron chi connectivity index (χ0n) is 12.7. The van der Waals surface area contributed by atoms with E-state index in [4.69, 9.17) is 8.94 Å². The van der Waals surface area contributed by atoms with Gasteiger partial charge >= 0.3 is 0 Å². The summed E-state index contributed by atoms with van der Waals surface area (Å²) in [6, 6.07) is 6.85. The Kier molecular flexibility index (Phi) is 4.05. The molecule has 118 valence electrons. The summed E-state index contributed by atoms with van der Waals surface area (Å²) < 4.78 is 10.1. The normalized spacial score (nSPS) is 10.5. The smallest absolute Gasteiger partial charge is 0.275 e. The third-order valence-electron chi connectivity index (χ3n) is 2.96. The summed E-state index contributed by atoms with van der Waals surface area (Å²) in [4.78, 5) is 20.6. The van der Waals surface area contributed by atoms with E-state index in [-0.39, 0.29) is 11.6 Å². The molecule has 0 bridgehead atoms. The van der Waals surface area contributed by atoms with Crippen molar-refractivity contribution in [2.75, 3.05) is 10.6 Å². The summed E-state index contributed by atoms with van der Waals surface area (Å²) in [6.45, 7) is 3.93. The Balaban J connectivity index is 1.72. The van der Waals surface area contributed by atoms with Crippen molar-refractivity contribution in [2.24, 2.45) is 0 Å². The van der Waals surface area contributed by atoms with E-state index in [1.165, 1.54) is 0 Å². The number of nitrogens with zero attached hydrogens (tertiary/aromatic N) is 3. The molecule has 2 N–H and O–H groups in total. The Labute approximate surface area is 131 Å². The quantitative estimate of drug-likeness (QED) is 0.745. The molecule has 0 aliphatic rings. The molecule has 0 unspecified atom stereocenters. The highest BCUT2D eigenvalue weighted by atomic mass is 16.5. The minimum atomic E-state index is -0.384. The lowest BCUT2D eigenvalue weighted by atomic mass is 10.3. The largest absolute Gasteiger partial charge is 0.467 e. The average molecular weight is 313 g/mol. The number of hydrogen-bond donors (Lipinski definition) is 2. The molecule has 0 atom stereocenters. The molecule has 3 aromatic rings. The third kappa shape index (κ3) is 3.73. The molecule has 3 heterocycles. The maximum absolute atomic E-state index is 12.2. The van der Waals surface area contributed by atoms with Crippen LogP contribution in [0.1, 0.15) is 27.8 Å². The summed E-state index contributed by atoms with van der Waals surface area (Å²) in [5, 5.41) is 9.43. The summed E-state index contributed by atoms with van der Waals surface area (Å²) in [5.41, 5.74) is 0.236. The molecule has 8 heteroatoms. The van der Waals surface area contributed by atoms with Crippen LogP contribution in [-0.2, 0) is 6.54 Å². The van der Waals surface area contributed by atoms with Crippen molar-refractivity contribution < 1.29 is 13.7 Å².